The van der Waals surface area contributed by atoms with Crippen molar-refractivity contribution in [3.63, 3.8) is 0 Å². The van der Waals surface area contributed by atoms with Crippen molar-refractivity contribution in [3.05, 3.63) is 72.0 Å². The minimum atomic E-state index is 0.238. The number of allylic oxidation sites excluding steroid dienone is 1. The highest BCUT2D eigenvalue weighted by Crippen LogP contribution is 2.33. The van der Waals surface area contributed by atoms with Crippen LogP contribution in [-0.4, -0.2) is 12.9 Å². The van der Waals surface area contributed by atoms with Crippen LogP contribution in [-0.2, 0) is 4.74 Å². The van der Waals surface area contributed by atoms with Crippen LogP contribution in [0.2, 0.25) is 0 Å². The fourth-order valence-corrected chi connectivity index (χ4v) is 3.67. The zero-order valence-corrected chi connectivity index (χ0v) is 14.9. The van der Waals surface area contributed by atoms with Gasteiger partial charge in [-0.1, -0.05) is 61.0 Å². The van der Waals surface area contributed by atoms with Gasteiger partial charge in [0.25, 0.3) is 0 Å². The molecule has 0 spiro atoms. The smallest absolute Gasteiger partial charge is 0.162 e. The van der Waals surface area contributed by atoms with Crippen LogP contribution in [0.3, 0.4) is 0 Å². The zero-order valence-electron chi connectivity index (χ0n) is 14.9. The Labute approximate surface area is 150 Å². The molecule has 1 saturated carbocycles. The molecule has 0 aliphatic heterocycles. The predicted molar refractivity (Wildman–Crippen MR) is 102 cm³/mol. The topological polar surface area (TPSA) is 26.3 Å². The molecule has 2 aromatic rings. The van der Waals surface area contributed by atoms with E-state index in [4.69, 9.17) is 4.74 Å². The maximum atomic E-state index is 12.5. The largest absolute Gasteiger partial charge is 0.504 e. The Kier molecular flexibility index (Phi) is 6.05. The van der Waals surface area contributed by atoms with Gasteiger partial charge in [0.1, 0.15) is 0 Å². The molecule has 0 amide bonds. The average molecular weight is 334 g/mol. The van der Waals surface area contributed by atoms with Gasteiger partial charge in [-0.25, -0.2) is 0 Å². The number of rotatable bonds is 6. The van der Waals surface area contributed by atoms with Gasteiger partial charge in [0, 0.05) is 12.0 Å². The molecule has 1 atom stereocenters. The van der Waals surface area contributed by atoms with Gasteiger partial charge in [-0.05, 0) is 48.3 Å². The molecule has 2 nitrogen and oxygen atoms in total. The Morgan fingerprint density at radius 2 is 1.76 bits per heavy atom. The maximum Gasteiger partial charge on any atom is 0.162 e. The summed E-state index contributed by atoms with van der Waals surface area (Å²) in [7, 11) is 1.71. The summed E-state index contributed by atoms with van der Waals surface area (Å²) in [5.74, 6) is 0.739. The number of ether oxygens (including phenoxy) is 1. The molecule has 1 fully saturated rings. The fraction of sp³-hybridized carbons (Fsp3) is 0.348. The quantitative estimate of drug-likeness (QED) is 0.476. The van der Waals surface area contributed by atoms with E-state index in [-0.39, 0.29) is 5.78 Å². The van der Waals surface area contributed by atoms with Crippen LogP contribution in [0, 0.1) is 5.92 Å². The Morgan fingerprint density at radius 3 is 2.48 bits per heavy atom. The molecule has 0 N–H and O–H groups in total. The van der Waals surface area contributed by atoms with E-state index in [0.29, 0.717) is 12.3 Å². The summed E-state index contributed by atoms with van der Waals surface area (Å²) in [6.45, 7) is 0. The van der Waals surface area contributed by atoms with Crippen LogP contribution in [0.25, 0.3) is 11.1 Å². The first-order valence-electron chi connectivity index (χ1n) is 9.18. The van der Waals surface area contributed by atoms with Crippen molar-refractivity contribution in [3.8, 4) is 11.1 Å². The van der Waals surface area contributed by atoms with Gasteiger partial charge in [-0.2, -0.15) is 0 Å². The van der Waals surface area contributed by atoms with E-state index in [2.05, 4.69) is 12.1 Å². The SMILES string of the molecule is CO/C=C1/CCCC[C@@H]1CCC(=O)c1ccc(-c2ccccc2)cc1. The molecule has 2 aromatic carbocycles. The molecule has 1 aliphatic carbocycles. The van der Waals surface area contributed by atoms with Gasteiger partial charge in [-0.3, -0.25) is 4.79 Å². The lowest BCUT2D eigenvalue weighted by atomic mass is 9.81. The van der Waals surface area contributed by atoms with Gasteiger partial charge < -0.3 is 4.74 Å². The summed E-state index contributed by atoms with van der Waals surface area (Å²) in [6, 6.07) is 18.2. The number of carbonyl (C=O) groups is 1. The molecule has 1 aliphatic rings. The second-order valence-electron chi connectivity index (χ2n) is 6.78. The van der Waals surface area contributed by atoms with Crippen molar-refractivity contribution in [2.24, 2.45) is 5.92 Å². The molecule has 0 aromatic heterocycles. The number of hydrogen-bond acceptors (Lipinski definition) is 2. The maximum absolute atomic E-state index is 12.5. The average Bonchev–Trinajstić information content (AvgIpc) is 2.68. The van der Waals surface area contributed by atoms with Crippen LogP contribution in [0.15, 0.2) is 66.4 Å². The van der Waals surface area contributed by atoms with Crippen molar-refractivity contribution in [2.75, 3.05) is 7.11 Å². The minimum absolute atomic E-state index is 0.238. The Hall–Kier alpha value is -2.35. The second kappa shape index (κ2) is 8.66. The fourth-order valence-electron chi connectivity index (χ4n) is 3.67. The van der Waals surface area contributed by atoms with E-state index in [1.54, 1.807) is 7.11 Å². The van der Waals surface area contributed by atoms with Crippen LogP contribution < -0.4 is 0 Å². The van der Waals surface area contributed by atoms with Crippen molar-refractivity contribution < 1.29 is 9.53 Å². The summed E-state index contributed by atoms with van der Waals surface area (Å²) in [5.41, 5.74) is 4.52. The molecule has 2 heteroatoms. The number of carbonyl (C=O) groups excluding carboxylic acids is 1. The first-order valence-corrected chi connectivity index (χ1v) is 9.18. The van der Waals surface area contributed by atoms with Gasteiger partial charge >= 0.3 is 0 Å². The lowest BCUT2D eigenvalue weighted by molar-refractivity contribution is 0.0973. The highest BCUT2D eigenvalue weighted by molar-refractivity contribution is 5.96. The van der Waals surface area contributed by atoms with Crippen LogP contribution in [0.1, 0.15) is 48.9 Å². The van der Waals surface area contributed by atoms with Gasteiger partial charge in [-0.15, -0.1) is 0 Å². The monoisotopic (exact) mass is 334 g/mol. The third-order valence-electron chi connectivity index (χ3n) is 5.10. The summed E-state index contributed by atoms with van der Waals surface area (Å²) in [5, 5.41) is 0. The molecule has 0 radical (unpaired) electrons. The second-order valence-corrected chi connectivity index (χ2v) is 6.78. The Morgan fingerprint density at radius 1 is 1.04 bits per heavy atom. The standard InChI is InChI=1S/C23H26O2/c1-25-17-22-10-6-5-9-19(22)15-16-23(24)21-13-11-20(12-14-21)18-7-3-2-4-8-18/h2-4,7-8,11-14,17,19H,5-6,9-10,15-16H2,1H3/b22-17-/t19-/m1/s1. The van der Waals surface area contributed by atoms with Gasteiger partial charge in [0.15, 0.2) is 5.78 Å². The Balaban J connectivity index is 1.60. The summed E-state index contributed by atoms with van der Waals surface area (Å²) < 4.78 is 5.21. The van der Waals surface area contributed by atoms with Crippen LogP contribution in [0.5, 0.6) is 0 Å². The van der Waals surface area contributed by atoms with Crippen molar-refractivity contribution in [1.82, 2.24) is 0 Å². The summed E-state index contributed by atoms with van der Waals surface area (Å²) in [6.07, 6.45) is 8.20. The third kappa shape index (κ3) is 4.60. The first kappa shape index (κ1) is 17.5. The van der Waals surface area contributed by atoms with E-state index in [0.717, 1.165) is 24.0 Å². The van der Waals surface area contributed by atoms with Gasteiger partial charge in [0.05, 0.1) is 13.4 Å². The van der Waals surface area contributed by atoms with E-state index in [9.17, 15) is 4.79 Å². The zero-order chi connectivity index (χ0) is 17.5. The summed E-state index contributed by atoms with van der Waals surface area (Å²) in [4.78, 5) is 12.5. The lowest BCUT2D eigenvalue weighted by Gasteiger charge is -2.24. The number of ketones is 1. The molecular weight excluding hydrogens is 308 g/mol. The van der Waals surface area contributed by atoms with Crippen LogP contribution in [0.4, 0.5) is 0 Å². The predicted octanol–water partition coefficient (Wildman–Crippen LogP) is 6.04. The highest BCUT2D eigenvalue weighted by atomic mass is 16.5. The highest BCUT2D eigenvalue weighted by Gasteiger charge is 2.20. The van der Waals surface area contributed by atoms with Crippen molar-refractivity contribution in [2.45, 2.75) is 38.5 Å². The molecule has 0 saturated heterocycles. The number of methoxy groups -OCH3 is 1. The minimum Gasteiger partial charge on any atom is -0.504 e. The molecule has 25 heavy (non-hydrogen) atoms. The van der Waals surface area contributed by atoms with Gasteiger partial charge in [0.2, 0.25) is 0 Å². The third-order valence-corrected chi connectivity index (χ3v) is 5.10. The number of Topliss-reactive ketones (excluding diaryl/α,β-unsaturated/α-hetero) is 1. The van der Waals surface area contributed by atoms with Crippen LogP contribution >= 0.6 is 0 Å². The molecule has 0 heterocycles. The number of benzene rings is 2. The van der Waals surface area contributed by atoms with Crippen molar-refractivity contribution in [1.29, 1.82) is 0 Å². The van der Waals surface area contributed by atoms with E-state index in [1.165, 1.54) is 30.4 Å². The number of hydrogen-bond donors (Lipinski definition) is 0. The molecule has 0 bridgehead atoms. The van der Waals surface area contributed by atoms with Crippen molar-refractivity contribution >= 4 is 5.78 Å². The summed E-state index contributed by atoms with van der Waals surface area (Å²) >= 11 is 0. The molecule has 0 unspecified atom stereocenters. The lowest BCUT2D eigenvalue weighted by Crippen LogP contribution is -2.12. The first-order chi connectivity index (χ1) is 12.3. The molecule has 3 rings (SSSR count). The molecular formula is C23H26O2. The van der Waals surface area contributed by atoms with E-state index in [1.807, 2.05) is 48.7 Å². The normalized spacial score (nSPS) is 18.9. The van der Waals surface area contributed by atoms with E-state index < -0.39 is 0 Å². The van der Waals surface area contributed by atoms with E-state index >= 15 is 0 Å². The molecule has 130 valence electrons. The Bertz CT molecular complexity index is 714.